The first kappa shape index (κ1) is 15.3. The molecule has 0 aromatic heterocycles. The van der Waals surface area contributed by atoms with Gasteiger partial charge in [-0.25, -0.2) is 0 Å². The molecule has 19 heavy (non-hydrogen) atoms. The molecule has 0 saturated heterocycles. The summed E-state index contributed by atoms with van der Waals surface area (Å²) in [6, 6.07) is 5.27. The standard InChI is InChI=1S/C14H21NO4/c1-3-19-13-10-11(7-8-12(13)18-2)15-14(17)6-4-5-9-16/h7-8,10,16H,3-6,9H2,1-2H3,(H,15,17). The predicted octanol–water partition coefficient (Wildman–Crippen LogP) is 2.20. The molecular weight excluding hydrogens is 246 g/mol. The van der Waals surface area contributed by atoms with Gasteiger partial charge in [0.05, 0.1) is 13.7 Å². The van der Waals surface area contributed by atoms with Crippen molar-refractivity contribution in [2.24, 2.45) is 0 Å². The van der Waals surface area contributed by atoms with Gasteiger partial charge in [-0.05, 0) is 31.9 Å². The lowest BCUT2D eigenvalue weighted by atomic mass is 10.2. The third-order valence-corrected chi connectivity index (χ3v) is 2.56. The molecule has 0 aliphatic carbocycles. The van der Waals surface area contributed by atoms with Gasteiger partial charge >= 0.3 is 0 Å². The van der Waals surface area contributed by atoms with Gasteiger partial charge in [0.25, 0.3) is 0 Å². The van der Waals surface area contributed by atoms with Crippen LogP contribution in [0, 0.1) is 0 Å². The van der Waals surface area contributed by atoms with Crippen LogP contribution in [-0.4, -0.2) is 31.3 Å². The number of amides is 1. The molecular formula is C14H21NO4. The van der Waals surface area contributed by atoms with Crippen LogP contribution in [0.2, 0.25) is 0 Å². The van der Waals surface area contributed by atoms with Crippen LogP contribution in [0.5, 0.6) is 11.5 Å². The molecule has 1 amide bonds. The normalized spacial score (nSPS) is 10.1. The molecule has 0 unspecified atom stereocenters. The van der Waals surface area contributed by atoms with Crippen molar-refractivity contribution in [3.63, 3.8) is 0 Å². The molecule has 1 rings (SSSR count). The summed E-state index contributed by atoms with van der Waals surface area (Å²) >= 11 is 0. The van der Waals surface area contributed by atoms with Gasteiger partial charge in [0.2, 0.25) is 5.91 Å². The summed E-state index contributed by atoms with van der Waals surface area (Å²) in [6.45, 7) is 2.54. The zero-order valence-corrected chi connectivity index (χ0v) is 11.4. The summed E-state index contributed by atoms with van der Waals surface area (Å²) in [6.07, 6.45) is 1.72. The Hall–Kier alpha value is -1.75. The van der Waals surface area contributed by atoms with Crippen LogP contribution in [0.3, 0.4) is 0 Å². The minimum atomic E-state index is -0.0685. The molecule has 1 aromatic carbocycles. The van der Waals surface area contributed by atoms with Gasteiger partial charge in [0, 0.05) is 24.8 Å². The largest absolute Gasteiger partial charge is 0.493 e. The monoisotopic (exact) mass is 267 g/mol. The molecule has 0 aliphatic heterocycles. The number of unbranched alkanes of at least 4 members (excludes halogenated alkanes) is 1. The summed E-state index contributed by atoms with van der Waals surface area (Å²) in [7, 11) is 1.57. The topological polar surface area (TPSA) is 67.8 Å². The van der Waals surface area contributed by atoms with E-state index < -0.39 is 0 Å². The summed E-state index contributed by atoms with van der Waals surface area (Å²) < 4.78 is 10.6. The van der Waals surface area contributed by atoms with E-state index in [0.717, 1.165) is 0 Å². The molecule has 0 bridgehead atoms. The lowest BCUT2D eigenvalue weighted by Crippen LogP contribution is -2.11. The Morgan fingerprint density at radius 1 is 1.32 bits per heavy atom. The second-order valence-corrected chi connectivity index (χ2v) is 4.03. The number of carbonyl (C=O) groups is 1. The number of ether oxygens (including phenoxy) is 2. The van der Waals surface area contributed by atoms with Gasteiger partial charge in [-0.1, -0.05) is 0 Å². The number of methoxy groups -OCH3 is 1. The number of aliphatic hydroxyl groups is 1. The highest BCUT2D eigenvalue weighted by Crippen LogP contribution is 2.30. The van der Waals surface area contributed by atoms with Crippen molar-refractivity contribution in [2.75, 3.05) is 25.6 Å². The highest BCUT2D eigenvalue weighted by molar-refractivity contribution is 5.91. The van der Waals surface area contributed by atoms with E-state index >= 15 is 0 Å². The second kappa shape index (κ2) is 8.37. The minimum Gasteiger partial charge on any atom is -0.493 e. The highest BCUT2D eigenvalue weighted by atomic mass is 16.5. The van der Waals surface area contributed by atoms with E-state index in [2.05, 4.69) is 5.32 Å². The van der Waals surface area contributed by atoms with Crippen LogP contribution in [0.1, 0.15) is 26.2 Å². The van der Waals surface area contributed by atoms with Crippen molar-refractivity contribution in [3.05, 3.63) is 18.2 Å². The number of rotatable bonds is 8. The molecule has 0 spiro atoms. The van der Waals surface area contributed by atoms with Crippen molar-refractivity contribution < 1.29 is 19.4 Å². The fraction of sp³-hybridized carbons (Fsp3) is 0.500. The van der Waals surface area contributed by atoms with Crippen LogP contribution in [-0.2, 0) is 4.79 Å². The lowest BCUT2D eigenvalue weighted by Gasteiger charge is -2.11. The van der Waals surface area contributed by atoms with Crippen molar-refractivity contribution >= 4 is 11.6 Å². The molecule has 0 saturated carbocycles. The van der Waals surface area contributed by atoms with Crippen LogP contribution < -0.4 is 14.8 Å². The number of hydrogen-bond acceptors (Lipinski definition) is 4. The Morgan fingerprint density at radius 3 is 2.74 bits per heavy atom. The smallest absolute Gasteiger partial charge is 0.224 e. The predicted molar refractivity (Wildman–Crippen MR) is 73.7 cm³/mol. The van der Waals surface area contributed by atoms with Crippen molar-refractivity contribution in [1.29, 1.82) is 0 Å². The van der Waals surface area contributed by atoms with Gasteiger partial charge in [0.1, 0.15) is 0 Å². The summed E-state index contributed by atoms with van der Waals surface area (Å²) in [4.78, 5) is 11.6. The summed E-state index contributed by atoms with van der Waals surface area (Å²) in [5.41, 5.74) is 0.679. The van der Waals surface area contributed by atoms with E-state index in [1.165, 1.54) is 0 Å². The van der Waals surface area contributed by atoms with E-state index in [4.69, 9.17) is 14.6 Å². The number of nitrogens with one attached hydrogen (secondary N) is 1. The van der Waals surface area contributed by atoms with Crippen LogP contribution in [0.25, 0.3) is 0 Å². The number of anilines is 1. The molecule has 0 fully saturated rings. The maximum Gasteiger partial charge on any atom is 0.224 e. The maximum atomic E-state index is 11.6. The molecule has 1 aromatic rings. The Balaban J connectivity index is 2.63. The van der Waals surface area contributed by atoms with Crippen LogP contribution in [0.4, 0.5) is 5.69 Å². The third-order valence-electron chi connectivity index (χ3n) is 2.56. The Kier molecular flexibility index (Phi) is 6.74. The van der Waals surface area contributed by atoms with Gasteiger partial charge in [0.15, 0.2) is 11.5 Å². The van der Waals surface area contributed by atoms with E-state index in [1.807, 2.05) is 6.92 Å². The van der Waals surface area contributed by atoms with E-state index in [1.54, 1.807) is 25.3 Å². The number of aliphatic hydroxyl groups excluding tert-OH is 1. The molecule has 106 valence electrons. The first-order chi connectivity index (χ1) is 9.21. The lowest BCUT2D eigenvalue weighted by molar-refractivity contribution is -0.116. The Labute approximate surface area is 113 Å². The van der Waals surface area contributed by atoms with Crippen molar-refractivity contribution in [3.8, 4) is 11.5 Å². The summed E-state index contributed by atoms with van der Waals surface area (Å²) in [5, 5.41) is 11.5. The van der Waals surface area contributed by atoms with Crippen molar-refractivity contribution in [2.45, 2.75) is 26.2 Å². The van der Waals surface area contributed by atoms with Crippen LogP contribution in [0.15, 0.2) is 18.2 Å². The van der Waals surface area contributed by atoms with Gasteiger partial charge < -0.3 is 19.9 Å². The highest BCUT2D eigenvalue weighted by Gasteiger charge is 2.07. The Bertz CT molecular complexity index is 406. The SMILES string of the molecule is CCOc1cc(NC(=O)CCCCO)ccc1OC. The number of benzene rings is 1. The van der Waals surface area contributed by atoms with Gasteiger partial charge in [-0.2, -0.15) is 0 Å². The zero-order valence-electron chi connectivity index (χ0n) is 11.4. The van der Waals surface area contributed by atoms with Gasteiger partial charge in [-0.3, -0.25) is 4.79 Å². The number of hydrogen-bond donors (Lipinski definition) is 2. The summed E-state index contributed by atoms with van der Waals surface area (Å²) in [5.74, 6) is 1.18. The molecule has 0 atom stereocenters. The fourth-order valence-electron chi connectivity index (χ4n) is 1.64. The molecule has 0 aliphatic rings. The Morgan fingerprint density at radius 2 is 2.11 bits per heavy atom. The first-order valence-corrected chi connectivity index (χ1v) is 6.42. The van der Waals surface area contributed by atoms with E-state index in [-0.39, 0.29) is 12.5 Å². The molecule has 5 heteroatoms. The molecule has 2 N–H and O–H groups in total. The zero-order chi connectivity index (χ0) is 14.1. The second-order valence-electron chi connectivity index (χ2n) is 4.03. The van der Waals surface area contributed by atoms with Crippen molar-refractivity contribution in [1.82, 2.24) is 0 Å². The molecule has 5 nitrogen and oxygen atoms in total. The molecule has 0 radical (unpaired) electrons. The average Bonchev–Trinajstić information content (AvgIpc) is 2.40. The van der Waals surface area contributed by atoms with E-state index in [0.29, 0.717) is 43.1 Å². The maximum absolute atomic E-state index is 11.6. The van der Waals surface area contributed by atoms with Crippen LogP contribution >= 0.6 is 0 Å². The van der Waals surface area contributed by atoms with Gasteiger partial charge in [-0.15, -0.1) is 0 Å². The third kappa shape index (κ3) is 5.18. The molecule has 0 heterocycles. The van der Waals surface area contributed by atoms with E-state index in [9.17, 15) is 4.79 Å². The average molecular weight is 267 g/mol. The number of carbonyl (C=O) groups excluding carboxylic acids is 1. The minimum absolute atomic E-state index is 0.0685. The fourth-order valence-corrected chi connectivity index (χ4v) is 1.64. The quantitative estimate of drug-likeness (QED) is 0.708. The first-order valence-electron chi connectivity index (χ1n) is 6.42.